The van der Waals surface area contributed by atoms with E-state index in [9.17, 15) is 0 Å². The SMILES string of the molecule is CCc1[c]nn(-c2ccc(C)cc2)c1CC. The van der Waals surface area contributed by atoms with Crippen LogP contribution in [0.25, 0.3) is 5.69 Å². The van der Waals surface area contributed by atoms with Gasteiger partial charge < -0.3 is 0 Å². The Kier molecular flexibility index (Phi) is 3.09. The molecule has 1 radical (unpaired) electrons. The highest BCUT2D eigenvalue weighted by Gasteiger charge is 2.09. The number of hydrogen-bond acceptors (Lipinski definition) is 1. The second kappa shape index (κ2) is 4.52. The van der Waals surface area contributed by atoms with Crippen molar-refractivity contribution in [2.75, 3.05) is 0 Å². The first-order valence-electron chi connectivity index (χ1n) is 5.81. The van der Waals surface area contributed by atoms with Gasteiger partial charge in [-0.05, 0) is 31.9 Å². The van der Waals surface area contributed by atoms with Crippen LogP contribution in [-0.2, 0) is 12.8 Å². The van der Waals surface area contributed by atoms with Crippen LogP contribution in [0.5, 0.6) is 0 Å². The van der Waals surface area contributed by atoms with Crippen LogP contribution in [0.1, 0.15) is 30.7 Å². The molecule has 0 aliphatic heterocycles. The molecule has 0 spiro atoms. The van der Waals surface area contributed by atoms with E-state index < -0.39 is 0 Å². The fraction of sp³-hybridized carbons (Fsp3) is 0.357. The molecule has 2 aromatic rings. The lowest BCUT2D eigenvalue weighted by atomic mass is 10.1. The van der Waals surface area contributed by atoms with Crippen molar-refractivity contribution >= 4 is 0 Å². The molecule has 2 nitrogen and oxygen atoms in total. The van der Waals surface area contributed by atoms with Crippen molar-refractivity contribution in [2.45, 2.75) is 33.6 Å². The van der Waals surface area contributed by atoms with Crippen molar-refractivity contribution < 1.29 is 0 Å². The van der Waals surface area contributed by atoms with Gasteiger partial charge in [-0.3, -0.25) is 0 Å². The van der Waals surface area contributed by atoms with Crippen molar-refractivity contribution in [3.8, 4) is 5.69 Å². The molecule has 83 valence electrons. The van der Waals surface area contributed by atoms with Gasteiger partial charge in [0.25, 0.3) is 0 Å². The third-order valence-corrected chi connectivity index (χ3v) is 2.86. The summed E-state index contributed by atoms with van der Waals surface area (Å²) in [6.07, 6.45) is 5.09. The monoisotopic (exact) mass is 213 g/mol. The molecule has 0 saturated heterocycles. The summed E-state index contributed by atoms with van der Waals surface area (Å²) in [4.78, 5) is 0. The van der Waals surface area contributed by atoms with Crippen LogP contribution in [0.3, 0.4) is 0 Å². The minimum atomic E-state index is 0.994. The van der Waals surface area contributed by atoms with E-state index >= 15 is 0 Å². The van der Waals surface area contributed by atoms with Crippen LogP contribution in [0.15, 0.2) is 24.3 Å². The number of benzene rings is 1. The van der Waals surface area contributed by atoms with E-state index in [0.717, 1.165) is 18.5 Å². The first-order valence-corrected chi connectivity index (χ1v) is 5.81. The van der Waals surface area contributed by atoms with Gasteiger partial charge in [-0.25, -0.2) is 4.68 Å². The Balaban J connectivity index is 2.47. The van der Waals surface area contributed by atoms with Crippen molar-refractivity contribution in [3.63, 3.8) is 0 Å². The molecule has 1 aromatic heterocycles. The third kappa shape index (κ3) is 1.87. The molecule has 0 atom stereocenters. The smallest absolute Gasteiger partial charge is 0.117 e. The van der Waals surface area contributed by atoms with E-state index in [4.69, 9.17) is 0 Å². The molecule has 0 aliphatic carbocycles. The summed E-state index contributed by atoms with van der Waals surface area (Å²) in [5.41, 5.74) is 4.89. The predicted octanol–water partition coefficient (Wildman–Crippen LogP) is 3.11. The number of aryl methyl sites for hydroxylation is 2. The molecule has 0 amide bonds. The van der Waals surface area contributed by atoms with E-state index in [0.29, 0.717) is 0 Å². The standard InChI is InChI=1S/C14H17N2/c1-4-12-10-15-16(14(12)5-2)13-8-6-11(3)7-9-13/h6-9H,4-5H2,1-3H3. The summed E-state index contributed by atoms with van der Waals surface area (Å²) >= 11 is 0. The topological polar surface area (TPSA) is 17.8 Å². The summed E-state index contributed by atoms with van der Waals surface area (Å²) in [6, 6.07) is 8.44. The molecule has 1 aromatic carbocycles. The molecule has 0 aliphatic rings. The average Bonchev–Trinajstić information content (AvgIpc) is 2.72. The molecule has 1 heterocycles. The molecular weight excluding hydrogens is 196 g/mol. The van der Waals surface area contributed by atoms with E-state index in [1.807, 2.05) is 4.68 Å². The van der Waals surface area contributed by atoms with Crippen molar-refractivity contribution in [1.82, 2.24) is 9.78 Å². The zero-order valence-electron chi connectivity index (χ0n) is 10.1. The van der Waals surface area contributed by atoms with Gasteiger partial charge >= 0.3 is 0 Å². The number of aromatic nitrogens is 2. The first-order chi connectivity index (χ1) is 7.76. The molecular formula is C14H17N2. The lowest BCUT2D eigenvalue weighted by Crippen LogP contribution is -2.02. The van der Waals surface area contributed by atoms with Crippen LogP contribution in [0.4, 0.5) is 0 Å². The van der Waals surface area contributed by atoms with Crippen LogP contribution in [0, 0.1) is 13.1 Å². The Labute approximate surface area is 96.9 Å². The maximum Gasteiger partial charge on any atom is 0.117 e. The number of hydrogen-bond donors (Lipinski definition) is 0. The molecule has 0 bridgehead atoms. The second-order valence-electron chi connectivity index (χ2n) is 3.99. The van der Waals surface area contributed by atoms with Crippen LogP contribution < -0.4 is 0 Å². The van der Waals surface area contributed by atoms with Crippen LogP contribution in [-0.4, -0.2) is 9.78 Å². The van der Waals surface area contributed by atoms with Crippen LogP contribution in [0.2, 0.25) is 0 Å². The summed E-state index contributed by atoms with van der Waals surface area (Å²) in [7, 11) is 0. The average molecular weight is 213 g/mol. The molecule has 2 heteroatoms. The highest BCUT2D eigenvalue weighted by atomic mass is 15.3. The van der Waals surface area contributed by atoms with Gasteiger partial charge in [-0.1, -0.05) is 31.5 Å². The van der Waals surface area contributed by atoms with Gasteiger partial charge in [0.2, 0.25) is 0 Å². The fourth-order valence-electron chi connectivity index (χ4n) is 1.91. The quantitative estimate of drug-likeness (QED) is 0.766. The summed E-state index contributed by atoms with van der Waals surface area (Å²) < 4.78 is 2.00. The maximum atomic E-state index is 4.35. The molecule has 0 unspecified atom stereocenters. The van der Waals surface area contributed by atoms with E-state index in [1.165, 1.54) is 16.8 Å². The second-order valence-corrected chi connectivity index (χ2v) is 3.99. The van der Waals surface area contributed by atoms with E-state index in [1.54, 1.807) is 0 Å². The normalized spacial score (nSPS) is 10.7. The third-order valence-electron chi connectivity index (χ3n) is 2.86. The van der Waals surface area contributed by atoms with Crippen molar-refractivity contribution in [3.05, 3.63) is 47.3 Å². The lowest BCUT2D eigenvalue weighted by Gasteiger charge is -2.07. The Bertz CT molecular complexity index is 466. The first kappa shape index (κ1) is 10.9. The van der Waals surface area contributed by atoms with Gasteiger partial charge in [-0.2, -0.15) is 5.10 Å². The fourth-order valence-corrected chi connectivity index (χ4v) is 1.91. The number of rotatable bonds is 3. The molecule has 2 rings (SSSR count). The van der Waals surface area contributed by atoms with Crippen molar-refractivity contribution in [1.29, 1.82) is 0 Å². The summed E-state index contributed by atoms with van der Waals surface area (Å²) in [5.74, 6) is 0. The molecule has 0 fully saturated rings. The highest BCUT2D eigenvalue weighted by Crippen LogP contribution is 2.16. The Morgan fingerprint density at radius 3 is 2.38 bits per heavy atom. The van der Waals surface area contributed by atoms with E-state index in [-0.39, 0.29) is 0 Å². The zero-order valence-corrected chi connectivity index (χ0v) is 10.1. The minimum absolute atomic E-state index is 0.994. The maximum absolute atomic E-state index is 4.35. The predicted molar refractivity (Wildman–Crippen MR) is 65.9 cm³/mol. The summed E-state index contributed by atoms with van der Waals surface area (Å²) in [6.45, 7) is 6.40. The van der Waals surface area contributed by atoms with Gasteiger partial charge in [0.05, 0.1) is 5.69 Å². The van der Waals surface area contributed by atoms with Crippen LogP contribution >= 0.6 is 0 Å². The Morgan fingerprint density at radius 1 is 1.12 bits per heavy atom. The molecule has 0 saturated carbocycles. The van der Waals surface area contributed by atoms with Gasteiger partial charge in [0.15, 0.2) is 0 Å². The van der Waals surface area contributed by atoms with Crippen molar-refractivity contribution in [2.24, 2.45) is 0 Å². The summed E-state index contributed by atoms with van der Waals surface area (Å²) in [5, 5.41) is 4.35. The van der Waals surface area contributed by atoms with E-state index in [2.05, 4.69) is 56.3 Å². The Hall–Kier alpha value is -1.57. The highest BCUT2D eigenvalue weighted by molar-refractivity contribution is 5.36. The van der Waals surface area contributed by atoms with Gasteiger partial charge in [0, 0.05) is 11.3 Å². The minimum Gasteiger partial charge on any atom is -0.237 e. The van der Waals surface area contributed by atoms with Gasteiger partial charge in [-0.15, -0.1) is 0 Å². The largest absolute Gasteiger partial charge is 0.237 e. The lowest BCUT2D eigenvalue weighted by molar-refractivity contribution is 0.807. The van der Waals surface area contributed by atoms with Gasteiger partial charge in [0.1, 0.15) is 6.20 Å². The molecule has 16 heavy (non-hydrogen) atoms. The zero-order chi connectivity index (χ0) is 11.5. The number of nitrogens with zero attached hydrogens (tertiary/aromatic N) is 2. The molecule has 0 N–H and O–H groups in total. The Morgan fingerprint density at radius 2 is 1.81 bits per heavy atom.